The van der Waals surface area contributed by atoms with E-state index in [0.29, 0.717) is 17.7 Å². The van der Waals surface area contributed by atoms with Gasteiger partial charge in [0.25, 0.3) is 5.91 Å². The van der Waals surface area contributed by atoms with E-state index < -0.39 is 11.5 Å². The fraction of sp³-hybridized carbons (Fsp3) is 0.0714. The molecular formula is C28H22BrIN2O3. The summed E-state index contributed by atoms with van der Waals surface area (Å²) in [6.45, 7) is 0.463. The van der Waals surface area contributed by atoms with Crippen LogP contribution in [-0.2, 0) is 17.0 Å². The summed E-state index contributed by atoms with van der Waals surface area (Å²) in [6, 6.07) is 31.2. The molecule has 7 heteroatoms. The van der Waals surface area contributed by atoms with E-state index in [9.17, 15) is 9.90 Å². The van der Waals surface area contributed by atoms with Crippen molar-refractivity contribution in [2.24, 2.45) is 5.10 Å². The molecule has 0 aliphatic heterocycles. The third-order valence-corrected chi connectivity index (χ3v) is 6.73. The quantitative estimate of drug-likeness (QED) is 0.141. The van der Waals surface area contributed by atoms with E-state index in [4.69, 9.17) is 4.74 Å². The predicted molar refractivity (Wildman–Crippen MR) is 149 cm³/mol. The predicted octanol–water partition coefficient (Wildman–Crippen LogP) is 6.02. The highest BCUT2D eigenvalue weighted by atomic mass is 127. The van der Waals surface area contributed by atoms with Gasteiger partial charge in [-0.2, -0.15) is 5.10 Å². The van der Waals surface area contributed by atoms with Crippen LogP contribution in [0.4, 0.5) is 0 Å². The molecule has 0 spiro atoms. The lowest BCUT2D eigenvalue weighted by Gasteiger charge is -2.27. The highest BCUT2D eigenvalue weighted by molar-refractivity contribution is 14.1. The Morgan fingerprint density at radius 2 is 1.54 bits per heavy atom. The zero-order valence-corrected chi connectivity index (χ0v) is 22.3. The summed E-state index contributed by atoms with van der Waals surface area (Å²) >= 11 is 5.64. The first kappa shape index (κ1) is 25.1. The first-order valence-corrected chi connectivity index (χ1v) is 12.7. The van der Waals surface area contributed by atoms with Crippen molar-refractivity contribution in [3.05, 3.63) is 133 Å². The molecule has 0 unspecified atom stereocenters. The Kier molecular flexibility index (Phi) is 8.33. The average molecular weight is 641 g/mol. The highest BCUT2D eigenvalue weighted by Gasteiger charge is 2.39. The zero-order chi connectivity index (χ0) is 24.7. The molecule has 0 heterocycles. The van der Waals surface area contributed by atoms with E-state index >= 15 is 0 Å². The maximum atomic E-state index is 13.1. The van der Waals surface area contributed by atoms with Gasteiger partial charge in [-0.15, -0.1) is 0 Å². The summed E-state index contributed by atoms with van der Waals surface area (Å²) in [4.78, 5) is 13.1. The molecule has 0 radical (unpaired) electrons. The smallest absolute Gasteiger partial charge is 0.281 e. The third-order valence-electron chi connectivity index (χ3n) is 5.35. The Balaban J connectivity index is 1.45. The first-order chi connectivity index (χ1) is 17.0. The topological polar surface area (TPSA) is 70.9 Å². The second kappa shape index (κ2) is 11.6. The molecule has 0 aromatic heterocycles. The number of rotatable bonds is 8. The standard InChI is InChI=1S/C28H22BrIN2O3/c29-24-14-11-20(12-15-24)19-35-26-16-13-21(17-25(26)30)18-31-32-27(33)28(34,22-7-3-1-4-8-22)23-9-5-2-6-10-23/h1-18,34H,19H2,(H,32,33)/b31-18+. The Morgan fingerprint density at radius 1 is 0.943 bits per heavy atom. The summed E-state index contributed by atoms with van der Waals surface area (Å²) in [5, 5.41) is 15.6. The molecule has 4 rings (SSSR count). The molecule has 2 N–H and O–H groups in total. The lowest BCUT2D eigenvalue weighted by molar-refractivity contribution is -0.136. The number of ether oxygens (including phenoxy) is 1. The van der Waals surface area contributed by atoms with Crippen LogP contribution in [0.2, 0.25) is 0 Å². The Labute approximate surface area is 226 Å². The van der Waals surface area contributed by atoms with Gasteiger partial charge in [0.1, 0.15) is 12.4 Å². The minimum absolute atomic E-state index is 0.459. The van der Waals surface area contributed by atoms with Crippen LogP contribution in [0.25, 0.3) is 0 Å². The molecule has 5 nitrogen and oxygen atoms in total. The van der Waals surface area contributed by atoms with Crippen molar-refractivity contribution in [2.45, 2.75) is 12.2 Å². The summed E-state index contributed by atoms with van der Waals surface area (Å²) < 4.78 is 7.88. The fourth-order valence-electron chi connectivity index (χ4n) is 3.49. The minimum atomic E-state index is -1.88. The van der Waals surface area contributed by atoms with E-state index in [0.717, 1.165) is 24.9 Å². The molecular weight excluding hydrogens is 619 g/mol. The Hall–Kier alpha value is -3.01. The average Bonchev–Trinajstić information content (AvgIpc) is 2.89. The van der Waals surface area contributed by atoms with Crippen LogP contribution in [-0.4, -0.2) is 17.2 Å². The number of amides is 1. The highest BCUT2D eigenvalue weighted by Crippen LogP contribution is 2.30. The van der Waals surface area contributed by atoms with Crippen LogP contribution in [0.5, 0.6) is 5.75 Å². The number of carbonyl (C=O) groups is 1. The van der Waals surface area contributed by atoms with E-state index in [1.165, 1.54) is 6.21 Å². The molecule has 4 aromatic rings. The fourth-order valence-corrected chi connectivity index (χ4v) is 4.45. The van der Waals surface area contributed by atoms with Crippen LogP contribution in [0.1, 0.15) is 22.3 Å². The maximum absolute atomic E-state index is 13.1. The van der Waals surface area contributed by atoms with Crippen molar-refractivity contribution < 1.29 is 14.6 Å². The lowest BCUT2D eigenvalue weighted by atomic mass is 9.85. The number of hydrogen-bond acceptors (Lipinski definition) is 4. The Bertz CT molecular complexity index is 1270. The molecule has 4 aromatic carbocycles. The number of nitrogens with one attached hydrogen (secondary N) is 1. The van der Waals surface area contributed by atoms with Gasteiger partial charge in [0, 0.05) is 4.47 Å². The van der Waals surface area contributed by atoms with Gasteiger partial charge < -0.3 is 9.84 Å². The monoisotopic (exact) mass is 640 g/mol. The molecule has 1 amide bonds. The van der Waals surface area contributed by atoms with Crippen LogP contribution >= 0.6 is 38.5 Å². The van der Waals surface area contributed by atoms with Crippen molar-refractivity contribution in [1.82, 2.24) is 5.43 Å². The number of aliphatic hydroxyl groups is 1. The van der Waals surface area contributed by atoms with Gasteiger partial charge in [-0.05, 0) is 75.2 Å². The minimum Gasteiger partial charge on any atom is -0.488 e. The molecule has 0 bridgehead atoms. The summed E-state index contributed by atoms with van der Waals surface area (Å²) in [6.07, 6.45) is 1.54. The summed E-state index contributed by atoms with van der Waals surface area (Å²) in [5.74, 6) is 0.118. The molecule has 0 saturated heterocycles. The van der Waals surface area contributed by atoms with Crippen LogP contribution in [0.3, 0.4) is 0 Å². The second-order valence-corrected chi connectivity index (χ2v) is 9.82. The van der Waals surface area contributed by atoms with E-state index in [1.807, 2.05) is 54.6 Å². The summed E-state index contributed by atoms with van der Waals surface area (Å²) in [7, 11) is 0. The number of hydrazone groups is 1. The van der Waals surface area contributed by atoms with Crippen molar-refractivity contribution in [2.75, 3.05) is 0 Å². The van der Waals surface area contributed by atoms with Crippen molar-refractivity contribution >= 4 is 50.6 Å². The first-order valence-electron chi connectivity index (χ1n) is 10.8. The van der Waals surface area contributed by atoms with Crippen molar-refractivity contribution in [1.29, 1.82) is 0 Å². The van der Waals surface area contributed by atoms with E-state index in [-0.39, 0.29) is 0 Å². The van der Waals surface area contributed by atoms with Crippen molar-refractivity contribution in [3.8, 4) is 5.75 Å². The number of halogens is 2. The second-order valence-electron chi connectivity index (χ2n) is 7.75. The number of carbonyl (C=O) groups excluding carboxylic acids is 1. The van der Waals surface area contributed by atoms with Crippen LogP contribution in [0, 0.1) is 3.57 Å². The molecule has 35 heavy (non-hydrogen) atoms. The van der Waals surface area contributed by atoms with Crippen molar-refractivity contribution in [3.63, 3.8) is 0 Å². The molecule has 0 atom stereocenters. The van der Waals surface area contributed by atoms with Crippen LogP contribution in [0.15, 0.2) is 113 Å². The largest absolute Gasteiger partial charge is 0.488 e. The Morgan fingerprint density at radius 3 is 2.11 bits per heavy atom. The lowest BCUT2D eigenvalue weighted by Crippen LogP contribution is -2.43. The number of hydrogen-bond donors (Lipinski definition) is 2. The van der Waals surface area contributed by atoms with Gasteiger partial charge in [0.15, 0.2) is 5.60 Å². The number of nitrogens with zero attached hydrogens (tertiary/aromatic N) is 1. The molecule has 0 aliphatic carbocycles. The van der Waals surface area contributed by atoms with E-state index in [1.54, 1.807) is 48.5 Å². The summed E-state index contributed by atoms with van der Waals surface area (Å²) in [5.41, 5.74) is 3.40. The third kappa shape index (κ3) is 6.17. The number of benzene rings is 4. The maximum Gasteiger partial charge on any atom is 0.281 e. The van der Waals surface area contributed by atoms with Gasteiger partial charge in [0.05, 0.1) is 9.78 Å². The molecule has 176 valence electrons. The van der Waals surface area contributed by atoms with E-state index in [2.05, 4.69) is 49.0 Å². The molecule has 0 fully saturated rings. The van der Waals surface area contributed by atoms with Crippen LogP contribution < -0.4 is 10.2 Å². The van der Waals surface area contributed by atoms with Gasteiger partial charge >= 0.3 is 0 Å². The zero-order valence-electron chi connectivity index (χ0n) is 18.6. The molecule has 0 aliphatic rings. The SMILES string of the molecule is O=C(N/N=C/c1ccc(OCc2ccc(Br)cc2)c(I)c1)C(O)(c1ccccc1)c1ccccc1. The van der Waals surface area contributed by atoms with Gasteiger partial charge in [0.2, 0.25) is 0 Å². The van der Waals surface area contributed by atoms with Gasteiger partial charge in [-0.25, -0.2) is 5.43 Å². The normalized spacial score (nSPS) is 11.4. The van der Waals surface area contributed by atoms with Gasteiger partial charge in [-0.1, -0.05) is 88.7 Å². The van der Waals surface area contributed by atoms with Gasteiger partial charge in [-0.3, -0.25) is 4.79 Å². The molecule has 0 saturated carbocycles.